The molecule has 5 nitrogen and oxygen atoms in total. The Labute approximate surface area is 176 Å². The SMILES string of the molecule is CC[NH+]1CCN(C(=O)c2cn(-c3ccccc3Cl)nc2-c2ccc(C)cc2)CC1. The summed E-state index contributed by atoms with van der Waals surface area (Å²) in [5.41, 5.74) is 4.18. The number of para-hydroxylation sites is 1. The Morgan fingerprint density at radius 2 is 1.79 bits per heavy atom. The van der Waals surface area contributed by atoms with Crippen molar-refractivity contribution in [3.05, 3.63) is 70.9 Å². The molecule has 1 aromatic heterocycles. The molecule has 1 aliphatic rings. The molecule has 0 atom stereocenters. The van der Waals surface area contributed by atoms with Gasteiger partial charge in [0.15, 0.2) is 0 Å². The molecular formula is C23H26ClN4O+. The van der Waals surface area contributed by atoms with Gasteiger partial charge in [-0.1, -0.05) is 53.6 Å². The van der Waals surface area contributed by atoms with Crippen LogP contribution >= 0.6 is 11.6 Å². The quantitative estimate of drug-likeness (QED) is 0.720. The summed E-state index contributed by atoms with van der Waals surface area (Å²) in [6, 6.07) is 15.7. The summed E-state index contributed by atoms with van der Waals surface area (Å²) >= 11 is 6.39. The van der Waals surface area contributed by atoms with Crippen molar-refractivity contribution < 1.29 is 9.69 Å². The number of likely N-dealkylation sites (N-methyl/N-ethyl adjacent to an activating group) is 1. The number of carbonyl (C=O) groups excluding carboxylic acids is 1. The third-order valence-electron chi connectivity index (χ3n) is 5.63. The zero-order valence-electron chi connectivity index (χ0n) is 16.9. The number of rotatable bonds is 4. The van der Waals surface area contributed by atoms with E-state index in [9.17, 15) is 4.79 Å². The minimum absolute atomic E-state index is 0.0361. The Morgan fingerprint density at radius 1 is 1.10 bits per heavy atom. The smallest absolute Gasteiger partial charge is 0.258 e. The summed E-state index contributed by atoms with van der Waals surface area (Å²) in [4.78, 5) is 16.9. The Kier molecular flexibility index (Phi) is 5.69. The van der Waals surface area contributed by atoms with Crippen molar-refractivity contribution in [2.45, 2.75) is 13.8 Å². The number of nitrogens with one attached hydrogen (secondary N) is 1. The molecule has 3 aromatic rings. The van der Waals surface area contributed by atoms with E-state index in [1.807, 2.05) is 66.6 Å². The predicted octanol–water partition coefficient (Wildman–Crippen LogP) is 2.86. The average Bonchev–Trinajstić information content (AvgIpc) is 3.19. The molecule has 0 saturated carbocycles. The van der Waals surface area contributed by atoms with Crippen LogP contribution in [0.1, 0.15) is 22.8 Å². The molecule has 6 heteroatoms. The fraction of sp³-hybridized carbons (Fsp3) is 0.304. The molecule has 0 radical (unpaired) electrons. The first-order chi connectivity index (χ1) is 14.1. The van der Waals surface area contributed by atoms with Gasteiger partial charge < -0.3 is 9.80 Å². The van der Waals surface area contributed by atoms with Gasteiger partial charge in [0.05, 0.1) is 49.0 Å². The lowest BCUT2D eigenvalue weighted by Gasteiger charge is -2.31. The van der Waals surface area contributed by atoms with Crippen LogP contribution in [0.25, 0.3) is 16.9 Å². The van der Waals surface area contributed by atoms with Crippen LogP contribution in [0, 0.1) is 6.92 Å². The van der Waals surface area contributed by atoms with E-state index in [1.54, 1.807) is 9.58 Å². The van der Waals surface area contributed by atoms with Crippen LogP contribution in [-0.2, 0) is 0 Å². The van der Waals surface area contributed by atoms with Crippen LogP contribution in [0.4, 0.5) is 0 Å². The third-order valence-corrected chi connectivity index (χ3v) is 5.95. The average molecular weight is 410 g/mol. The third kappa shape index (κ3) is 4.07. The van der Waals surface area contributed by atoms with Gasteiger partial charge in [-0.25, -0.2) is 4.68 Å². The second kappa shape index (κ2) is 8.39. The Morgan fingerprint density at radius 3 is 2.45 bits per heavy atom. The first-order valence-corrected chi connectivity index (χ1v) is 10.5. The highest BCUT2D eigenvalue weighted by Crippen LogP contribution is 2.27. The number of carbonyl (C=O) groups is 1. The van der Waals surface area contributed by atoms with E-state index in [1.165, 1.54) is 5.56 Å². The molecule has 1 fully saturated rings. The highest BCUT2D eigenvalue weighted by Gasteiger charge is 2.27. The molecule has 4 rings (SSSR count). The van der Waals surface area contributed by atoms with Crippen molar-refractivity contribution in [2.75, 3.05) is 32.7 Å². The van der Waals surface area contributed by atoms with E-state index in [2.05, 4.69) is 6.92 Å². The highest BCUT2D eigenvalue weighted by molar-refractivity contribution is 6.32. The molecule has 0 spiro atoms. The summed E-state index contributed by atoms with van der Waals surface area (Å²) in [7, 11) is 0. The predicted molar refractivity (Wildman–Crippen MR) is 116 cm³/mol. The number of quaternary nitrogens is 1. The van der Waals surface area contributed by atoms with Crippen molar-refractivity contribution in [2.24, 2.45) is 0 Å². The topological polar surface area (TPSA) is 42.6 Å². The van der Waals surface area contributed by atoms with Crippen molar-refractivity contribution in [1.29, 1.82) is 0 Å². The largest absolute Gasteiger partial charge is 0.332 e. The van der Waals surface area contributed by atoms with E-state index in [0.29, 0.717) is 16.3 Å². The molecule has 1 saturated heterocycles. The summed E-state index contributed by atoms with van der Waals surface area (Å²) in [6.45, 7) is 8.85. The van der Waals surface area contributed by atoms with Crippen molar-refractivity contribution >= 4 is 17.5 Å². The first kappa shape index (κ1) is 19.7. The molecule has 2 aromatic carbocycles. The maximum absolute atomic E-state index is 13.4. The van der Waals surface area contributed by atoms with Crippen LogP contribution in [0.5, 0.6) is 0 Å². The van der Waals surface area contributed by atoms with Crippen LogP contribution in [-0.4, -0.2) is 53.3 Å². The van der Waals surface area contributed by atoms with Crippen LogP contribution in [0.15, 0.2) is 54.7 Å². The second-order valence-corrected chi connectivity index (χ2v) is 7.96. The fourth-order valence-corrected chi connectivity index (χ4v) is 3.99. The van der Waals surface area contributed by atoms with Gasteiger partial charge in [0.2, 0.25) is 0 Å². The van der Waals surface area contributed by atoms with E-state index in [4.69, 9.17) is 16.7 Å². The highest BCUT2D eigenvalue weighted by atomic mass is 35.5. The molecule has 2 heterocycles. The Balaban J connectivity index is 1.74. The second-order valence-electron chi connectivity index (χ2n) is 7.55. The number of hydrogen-bond donors (Lipinski definition) is 1. The number of piperazine rings is 1. The fourth-order valence-electron chi connectivity index (χ4n) is 3.77. The van der Waals surface area contributed by atoms with Crippen LogP contribution in [0.3, 0.4) is 0 Å². The van der Waals surface area contributed by atoms with E-state index in [-0.39, 0.29) is 5.91 Å². The zero-order valence-corrected chi connectivity index (χ0v) is 17.6. The minimum atomic E-state index is 0.0361. The summed E-state index contributed by atoms with van der Waals surface area (Å²) in [6.07, 6.45) is 1.82. The lowest BCUT2D eigenvalue weighted by atomic mass is 10.1. The number of aromatic nitrogens is 2. The lowest BCUT2D eigenvalue weighted by Crippen LogP contribution is -3.14. The Hall–Kier alpha value is -2.63. The molecule has 29 heavy (non-hydrogen) atoms. The molecular weight excluding hydrogens is 384 g/mol. The first-order valence-electron chi connectivity index (χ1n) is 10.1. The summed E-state index contributed by atoms with van der Waals surface area (Å²) < 4.78 is 1.72. The monoisotopic (exact) mass is 409 g/mol. The standard InChI is InChI=1S/C23H25ClN4O/c1-3-26-12-14-27(15-13-26)23(29)19-16-28(21-7-5-4-6-20(21)24)25-22(19)18-10-8-17(2)9-11-18/h4-11,16H,3,12-15H2,1-2H3/p+1. The van der Waals surface area contributed by atoms with Gasteiger partial charge in [0.1, 0.15) is 5.69 Å². The molecule has 1 amide bonds. The van der Waals surface area contributed by atoms with Crippen molar-refractivity contribution in [1.82, 2.24) is 14.7 Å². The molecule has 1 aliphatic heterocycles. The molecule has 0 aliphatic carbocycles. The number of hydrogen-bond acceptors (Lipinski definition) is 2. The van der Waals surface area contributed by atoms with Crippen LogP contribution < -0.4 is 4.90 Å². The van der Waals surface area contributed by atoms with Gasteiger partial charge in [0, 0.05) is 11.8 Å². The lowest BCUT2D eigenvalue weighted by molar-refractivity contribution is -0.902. The van der Waals surface area contributed by atoms with Gasteiger partial charge in [-0.15, -0.1) is 0 Å². The van der Waals surface area contributed by atoms with E-state index < -0.39 is 0 Å². The van der Waals surface area contributed by atoms with E-state index >= 15 is 0 Å². The molecule has 150 valence electrons. The zero-order chi connectivity index (χ0) is 20.4. The molecule has 0 bridgehead atoms. The van der Waals surface area contributed by atoms with Crippen molar-refractivity contribution in [3.8, 4) is 16.9 Å². The molecule has 0 unspecified atom stereocenters. The van der Waals surface area contributed by atoms with Gasteiger partial charge in [0.25, 0.3) is 5.91 Å². The normalized spacial score (nSPS) is 14.9. The van der Waals surface area contributed by atoms with Gasteiger partial charge in [-0.05, 0) is 26.0 Å². The maximum atomic E-state index is 13.4. The number of aryl methyl sites for hydroxylation is 1. The maximum Gasteiger partial charge on any atom is 0.258 e. The number of benzene rings is 2. The van der Waals surface area contributed by atoms with Crippen molar-refractivity contribution in [3.63, 3.8) is 0 Å². The summed E-state index contributed by atoms with van der Waals surface area (Å²) in [5, 5.41) is 5.37. The number of halogens is 1. The van der Waals surface area contributed by atoms with E-state index in [0.717, 1.165) is 44.0 Å². The summed E-state index contributed by atoms with van der Waals surface area (Å²) in [5.74, 6) is 0.0361. The number of amides is 1. The van der Waals surface area contributed by atoms with Crippen LogP contribution in [0.2, 0.25) is 5.02 Å². The van der Waals surface area contributed by atoms with Gasteiger partial charge in [-0.3, -0.25) is 4.79 Å². The Bertz CT molecular complexity index is 1000. The minimum Gasteiger partial charge on any atom is -0.332 e. The molecule has 1 N–H and O–H groups in total. The number of nitrogens with zero attached hydrogens (tertiary/aromatic N) is 3. The van der Waals surface area contributed by atoms with Gasteiger partial charge >= 0.3 is 0 Å². The van der Waals surface area contributed by atoms with Gasteiger partial charge in [-0.2, -0.15) is 5.10 Å².